The molecule has 0 aliphatic carbocycles. The van der Waals surface area contributed by atoms with Crippen LogP contribution in [-0.4, -0.2) is 40.1 Å². The number of nitrogens with zero attached hydrogens (tertiary/aromatic N) is 2. The Balaban J connectivity index is 2.14. The second-order valence-electron chi connectivity index (χ2n) is 6.32. The van der Waals surface area contributed by atoms with Crippen molar-refractivity contribution in [2.24, 2.45) is 0 Å². The summed E-state index contributed by atoms with van der Waals surface area (Å²) in [6.07, 6.45) is 1.21. The molecule has 0 bridgehead atoms. The zero-order chi connectivity index (χ0) is 22.1. The zero-order valence-electron chi connectivity index (χ0n) is 16.2. The van der Waals surface area contributed by atoms with E-state index in [1.807, 2.05) is 0 Å². The van der Waals surface area contributed by atoms with E-state index >= 15 is 0 Å². The van der Waals surface area contributed by atoms with E-state index in [1.54, 1.807) is 19.2 Å². The molecular formula is C18H22ClN2O8P. The highest BCUT2D eigenvalue weighted by Gasteiger charge is 2.33. The van der Waals surface area contributed by atoms with Crippen LogP contribution in [0.25, 0.3) is 0 Å². The minimum atomic E-state index is -3.85. The van der Waals surface area contributed by atoms with Gasteiger partial charge in [0.1, 0.15) is 23.0 Å². The number of nitro groups is 1. The van der Waals surface area contributed by atoms with Crippen LogP contribution in [0.5, 0.6) is 5.75 Å². The molecule has 12 heteroatoms. The van der Waals surface area contributed by atoms with Crippen molar-refractivity contribution in [2.75, 3.05) is 19.5 Å². The monoisotopic (exact) mass is 460 g/mol. The molecule has 2 rings (SSSR count). The number of alkyl halides is 1. The number of aliphatic carboxylic acids is 1. The Labute approximate surface area is 178 Å². The fraction of sp³-hybridized carbons (Fsp3) is 0.389. The first kappa shape index (κ1) is 23.9. The number of carboxylic acid groups (broad SMARTS) is 1. The molecule has 0 spiro atoms. The number of rotatable bonds is 13. The molecule has 0 saturated heterocycles. The van der Waals surface area contributed by atoms with Gasteiger partial charge in [-0.15, -0.1) is 11.6 Å². The maximum absolute atomic E-state index is 13.4. The SMILES string of the molecule is CN(CCCCCl)P(=O)(OCc1ccc([N+](=O)[O-])o1)Oc1ccc(CC(=O)O)cc1. The molecule has 164 valence electrons. The number of halogens is 1. The molecular weight excluding hydrogens is 439 g/mol. The van der Waals surface area contributed by atoms with Gasteiger partial charge < -0.3 is 14.0 Å². The Bertz CT molecular complexity index is 902. The second-order valence-corrected chi connectivity index (χ2v) is 8.76. The van der Waals surface area contributed by atoms with E-state index in [0.717, 1.165) is 0 Å². The molecule has 0 radical (unpaired) electrons. The quantitative estimate of drug-likeness (QED) is 0.151. The molecule has 1 N–H and O–H groups in total. The van der Waals surface area contributed by atoms with E-state index < -0.39 is 24.5 Å². The van der Waals surface area contributed by atoms with Gasteiger partial charge in [0, 0.05) is 12.4 Å². The smallest absolute Gasteiger partial charge is 0.461 e. The summed E-state index contributed by atoms with van der Waals surface area (Å²) in [5.74, 6) is -0.613. The maximum atomic E-state index is 13.4. The van der Waals surface area contributed by atoms with Gasteiger partial charge in [-0.2, -0.15) is 0 Å². The van der Waals surface area contributed by atoms with Crippen molar-refractivity contribution in [3.8, 4) is 5.75 Å². The van der Waals surface area contributed by atoms with E-state index in [4.69, 9.17) is 30.2 Å². The van der Waals surface area contributed by atoms with Crippen molar-refractivity contribution in [2.45, 2.75) is 25.9 Å². The third-order valence-electron chi connectivity index (χ3n) is 3.98. The van der Waals surface area contributed by atoms with Crippen molar-refractivity contribution in [1.82, 2.24) is 4.67 Å². The molecule has 1 aromatic carbocycles. The largest absolute Gasteiger partial charge is 0.481 e. The highest BCUT2D eigenvalue weighted by Crippen LogP contribution is 2.51. The Morgan fingerprint density at radius 3 is 2.53 bits per heavy atom. The third kappa shape index (κ3) is 7.14. The Hall–Kier alpha value is -2.39. The van der Waals surface area contributed by atoms with Crippen molar-refractivity contribution in [1.29, 1.82) is 0 Å². The molecule has 2 aromatic rings. The predicted octanol–water partition coefficient (Wildman–Crippen LogP) is 4.47. The molecule has 0 aliphatic heterocycles. The highest BCUT2D eigenvalue weighted by molar-refractivity contribution is 7.51. The van der Waals surface area contributed by atoms with Crippen LogP contribution in [0, 0.1) is 10.1 Å². The number of furan rings is 1. The second kappa shape index (κ2) is 11.1. The van der Waals surface area contributed by atoms with Gasteiger partial charge >= 0.3 is 19.6 Å². The lowest BCUT2D eigenvalue weighted by Gasteiger charge is -2.27. The molecule has 10 nitrogen and oxygen atoms in total. The summed E-state index contributed by atoms with van der Waals surface area (Å²) < 4.78 is 31.0. The summed E-state index contributed by atoms with van der Waals surface area (Å²) in [6, 6.07) is 8.64. The van der Waals surface area contributed by atoms with E-state index in [2.05, 4.69) is 0 Å². The number of carboxylic acids is 1. The van der Waals surface area contributed by atoms with Gasteiger partial charge in [0.15, 0.2) is 0 Å². The lowest BCUT2D eigenvalue weighted by Crippen LogP contribution is -2.21. The normalized spacial score (nSPS) is 13.2. The molecule has 0 amide bonds. The molecule has 0 fully saturated rings. The molecule has 0 aliphatic rings. The zero-order valence-corrected chi connectivity index (χ0v) is 17.9. The number of benzene rings is 1. The summed E-state index contributed by atoms with van der Waals surface area (Å²) in [7, 11) is -2.28. The van der Waals surface area contributed by atoms with Crippen molar-refractivity contribution < 1.29 is 32.9 Å². The number of hydrogen-bond acceptors (Lipinski definition) is 7. The summed E-state index contributed by atoms with van der Waals surface area (Å²) in [5, 5.41) is 19.6. The topological polar surface area (TPSA) is 132 Å². The van der Waals surface area contributed by atoms with Crippen LogP contribution >= 0.6 is 19.3 Å². The van der Waals surface area contributed by atoms with Gasteiger partial charge in [-0.3, -0.25) is 19.4 Å². The van der Waals surface area contributed by atoms with E-state index in [-0.39, 0.29) is 24.5 Å². The first-order valence-corrected chi connectivity index (χ1v) is 11.0. The molecule has 0 saturated carbocycles. The number of unbranched alkanes of at least 4 members (excludes halogenated alkanes) is 1. The van der Waals surface area contributed by atoms with Gasteiger partial charge in [0.05, 0.1) is 12.5 Å². The van der Waals surface area contributed by atoms with Crippen molar-refractivity contribution >= 4 is 31.2 Å². The van der Waals surface area contributed by atoms with Crippen LogP contribution < -0.4 is 4.52 Å². The van der Waals surface area contributed by atoms with Crippen LogP contribution in [0.4, 0.5) is 5.88 Å². The predicted molar refractivity (Wildman–Crippen MR) is 109 cm³/mol. The lowest BCUT2D eigenvalue weighted by molar-refractivity contribution is -0.402. The van der Waals surface area contributed by atoms with Crippen LogP contribution in [0.15, 0.2) is 40.8 Å². The average Bonchev–Trinajstić information content (AvgIpc) is 3.17. The molecule has 1 heterocycles. The van der Waals surface area contributed by atoms with E-state index in [9.17, 15) is 19.5 Å². The van der Waals surface area contributed by atoms with E-state index in [1.165, 1.54) is 28.9 Å². The molecule has 1 atom stereocenters. The number of carbonyl (C=O) groups is 1. The van der Waals surface area contributed by atoms with Gasteiger partial charge in [-0.05, 0) is 43.7 Å². The van der Waals surface area contributed by atoms with Gasteiger partial charge in [0.2, 0.25) is 0 Å². The lowest BCUT2D eigenvalue weighted by atomic mass is 10.1. The standard InChI is InChI=1S/C18H22ClN2O8P/c1-20(11-3-2-10-19)30(26,27-13-16-8-9-17(28-16)21(24)25)29-15-6-4-14(5-7-15)12-18(22)23/h4-9H,2-3,10-13H2,1H3,(H,22,23). The molecule has 30 heavy (non-hydrogen) atoms. The summed E-state index contributed by atoms with van der Waals surface area (Å²) in [4.78, 5) is 20.9. The Morgan fingerprint density at radius 1 is 1.27 bits per heavy atom. The average molecular weight is 461 g/mol. The molecule has 1 aromatic heterocycles. The molecule has 1 unspecified atom stereocenters. The van der Waals surface area contributed by atoms with Crippen molar-refractivity contribution in [3.63, 3.8) is 0 Å². The highest BCUT2D eigenvalue weighted by atomic mass is 35.5. The maximum Gasteiger partial charge on any atom is 0.461 e. The van der Waals surface area contributed by atoms with Crippen LogP contribution in [-0.2, 0) is 26.9 Å². The Morgan fingerprint density at radius 2 is 1.97 bits per heavy atom. The first-order chi connectivity index (χ1) is 14.2. The summed E-state index contributed by atoms with van der Waals surface area (Å²) in [6.45, 7) is 0.0709. The third-order valence-corrected chi connectivity index (χ3v) is 6.18. The first-order valence-electron chi connectivity index (χ1n) is 8.99. The van der Waals surface area contributed by atoms with Crippen LogP contribution in [0.1, 0.15) is 24.2 Å². The van der Waals surface area contributed by atoms with Gasteiger partial charge in [-0.1, -0.05) is 12.1 Å². The van der Waals surface area contributed by atoms with Gasteiger partial charge in [0.25, 0.3) is 0 Å². The van der Waals surface area contributed by atoms with Crippen LogP contribution in [0.3, 0.4) is 0 Å². The van der Waals surface area contributed by atoms with E-state index in [0.29, 0.717) is 30.8 Å². The van der Waals surface area contributed by atoms with Gasteiger partial charge in [-0.25, -0.2) is 9.24 Å². The minimum absolute atomic E-state index is 0.122. The fourth-order valence-corrected chi connectivity index (χ4v) is 4.06. The minimum Gasteiger partial charge on any atom is -0.481 e. The van der Waals surface area contributed by atoms with Crippen LogP contribution in [0.2, 0.25) is 0 Å². The Kier molecular flexibility index (Phi) is 8.86. The fourth-order valence-electron chi connectivity index (χ4n) is 2.42. The summed E-state index contributed by atoms with van der Waals surface area (Å²) in [5.41, 5.74) is 0.559. The van der Waals surface area contributed by atoms with Crippen molar-refractivity contribution in [3.05, 3.63) is 57.8 Å². The number of hydrogen-bond donors (Lipinski definition) is 1. The summed E-state index contributed by atoms with van der Waals surface area (Å²) >= 11 is 5.69.